The number of aliphatic hydroxyl groups excluding tert-OH is 1. The van der Waals surface area contributed by atoms with Crippen molar-refractivity contribution in [2.24, 2.45) is 5.14 Å². The summed E-state index contributed by atoms with van der Waals surface area (Å²) in [6.07, 6.45) is -0.121. The summed E-state index contributed by atoms with van der Waals surface area (Å²) in [6.45, 7) is 0. The zero-order valence-electron chi connectivity index (χ0n) is 16.6. The monoisotopic (exact) mass is 460 g/mol. The largest absolute Gasteiger partial charge is 0.385 e. The van der Waals surface area contributed by atoms with Gasteiger partial charge in [-0.15, -0.1) is 0 Å². The van der Waals surface area contributed by atoms with Crippen molar-refractivity contribution in [3.63, 3.8) is 0 Å². The second kappa shape index (κ2) is 6.66. The quantitative estimate of drug-likeness (QED) is 0.389. The van der Waals surface area contributed by atoms with Crippen LogP contribution in [-0.4, -0.2) is 62.1 Å². The highest BCUT2D eigenvalue weighted by Crippen LogP contribution is 2.55. The number of fused-ring (bicyclic) bond motifs is 3. The van der Waals surface area contributed by atoms with Gasteiger partial charge in [0.25, 0.3) is 0 Å². The molecule has 3 aliphatic rings. The molecule has 0 bridgehead atoms. The van der Waals surface area contributed by atoms with E-state index in [1.165, 1.54) is 28.3 Å². The number of hydrogen-bond donors (Lipinski definition) is 4. The van der Waals surface area contributed by atoms with E-state index in [2.05, 4.69) is 36.6 Å². The van der Waals surface area contributed by atoms with Gasteiger partial charge in [-0.1, -0.05) is 24.3 Å². The molecule has 0 spiro atoms. The summed E-state index contributed by atoms with van der Waals surface area (Å²) in [6, 6.07) is 8.32. The summed E-state index contributed by atoms with van der Waals surface area (Å²) in [7, 11) is -4.31. The van der Waals surface area contributed by atoms with Crippen molar-refractivity contribution >= 4 is 27.3 Å². The number of ether oxygens (including phenoxy) is 1. The minimum absolute atomic E-state index is 0.0900. The Balaban J connectivity index is 1.27. The third-order valence-electron chi connectivity index (χ3n) is 6.42. The van der Waals surface area contributed by atoms with Crippen LogP contribution in [0.4, 0.5) is 5.82 Å². The molecule has 2 aliphatic carbocycles. The van der Waals surface area contributed by atoms with Crippen LogP contribution in [0.3, 0.4) is 0 Å². The molecule has 0 radical (unpaired) electrons. The van der Waals surface area contributed by atoms with Crippen LogP contribution in [0.15, 0.2) is 36.9 Å². The van der Waals surface area contributed by atoms with Gasteiger partial charge in [0.2, 0.25) is 0 Å². The molecule has 168 valence electrons. The van der Waals surface area contributed by atoms with E-state index in [1.54, 1.807) is 0 Å². The van der Waals surface area contributed by atoms with Gasteiger partial charge >= 0.3 is 10.3 Å². The van der Waals surface area contributed by atoms with Crippen molar-refractivity contribution in [3.05, 3.63) is 48.0 Å². The van der Waals surface area contributed by atoms with Gasteiger partial charge < -0.3 is 20.3 Å². The second-order valence-corrected chi connectivity index (χ2v) is 9.45. The number of imidazole rings is 1. The van der Waals surface area contributed by atoms with Crippen molar-refractivity contribution in [1.29, 1.82) is 0 Å². The molecule has 6 atom stereocenters. The fourth-order valence-corrected chi connectivity index (χ4v) is 5.35. The molecule has 3 heterocycles. The Morgan fingerprint density at radius 3 is 2.84 bits per heavy atom. The highest BCUT2D eigenvalue weighted by atomic mass is 32.2. The van der Waals surface area contributed by atoms with Crippen molar-refractivity contribution in [2.45, 2.75) is 49.0 Å². The van der Waals surface area contributed by atoms with Crippen LogP contribution < -0.4 is 10.5 Å². The molecule has 2 fully saturated rings. The van der Waals surface area contributed by atoms with Gasteiger partial charge in [0.15, 0.2) is 28.8 Å². The van der Waals surface area contributed by atoms with Crippen molar-refractivity contribution in [2.75, 3.05) is 5.32 Å². The topological polar surface area (TPSA) is 175 Å². The first-order chi connectivity index (χ1) is 15.3. The normalized spacial score (nSPS) is 33.3. The van der Waals surface area contributed by atoms with Gasteiger partial charge in [0, 0.05) is 0 Å². The number of hydrogen-bond acceptors (Lipinski definition) is 10. The molecule has 1 aromatic carbocycles. The van der Waals surface area contributed by atoms with Crippen LogP contribution in [0.1, 0.15) is 29.8 Å². The van der Waals surface area contributed by atoms with Crippen molar-refractivity contribution < 1.29 is 27.6 Å². The van der Waals surface area contributed by atoms with Gasteiger partial charge in [-0.3, -0.25) is 4.57 Å². The van der Waals surface area contributed by atoms with Crippen LogP contribution in [0.2, 0.25) is 0 Å². The Hall–Kier alpha value is -2.68. The summed E-state index contributed by atoms with van der Waals surface area (Å²) in [5.74, 6) is 0.544. The van der Waals surface area contributed by atoms with Crippen LogP contribution in [0.5, 0.6) is 0 Å². The SMILES string of the molecule is NS(=O)(=O)OC1[C@H]2O[C@@H](n3cnc4c(N[C@H]5CCc6ccccc65)ncnc43)[C@@H](O)[C@@]12O. The number of anilines is 1. The molecule has 1 saturated heterocycles. The van der Waals surface area contributed by atoms with E-state index in [0.717, 1.165) is 12.8 Å². The third kappa shape index (κ3) is 2.86. The first-order valence-corrected chi connectivity index (χ1v) is 11.5. The molecule has 12 nitrogen and oxygen atoms in total. The summed E-state index contributed by atoms with van der Waals surface area (Å²) in [5.41, 5.74) is 1.50. The zero-order valence-corrected chi connectivity index (χ0v) is 17.4. The molecule has 1 unspecified atom stereocenters. The fourth-order valence-electron chi connectivity index (χ4n) is 4.81. The van der Waals surface area contributed by atoms with Crippen LogP contribution in [0.25, 0.3) is 11.2 Å². The van der Waals surface area contributed by atoms with Crippen LogP contribution in [0, 0.1) is 0 Å². The Morgan fingerprint density at radius 1 is 1.28 bits per heavy atom. The predicted molar refractivity (Wildman–Crippen MR) is 109 cm³/mol. The lowest BCUT2D eigenvalue weighted by atomic mass is 10.1. The van der Waals surface area contributed by atoms with Crippen molar-refractivity contribution in [1.82, 2.24) is 19.5 Å². The van der Waals surface area contributed by atoms with E-state index in [9.17, 15) is 18.6 Å². The van der Waals surface area contributed by atoms with E-state index in [0.29, 0.717) is 17.0 Å². The minimum atomic E-state index is -4.31. The number of aryl methyl sites for hydroxylation is 1. The van der Waals surface area contributed by atoms with Gasteiger partial charge in [-0.25, -0.2) is 24.3 Å². The van der Waals surface area contributed by atoms with E-state index in [4.69, 9.17) is 9.88 Å². The smallest absolute Gasteiger partial charge is 0.333 e. The molecular weight excluding hydrogens is 440 g/mol. The third-order valence-corrected chi connectivity index (χ3v) is 6.90. The predicted octanol–water partition coefficient (Wildman–Crippen LogP) is -0.483. The van der Waals surface area contributed by atoms with Gasteiger partial charge in [-0.05, 0) is 24.0 Å². The summed E-state index contributed by atoms with van der Waals surface area (Å²) in [5, 5.41) is 29.6. The molecule has 1 aliphatic heterocycles. The molecule has 1 saturated carbocycles. The van der Waals surface area contributed by atoms with Crippen molar-refractivity contribution in [3.8, 4) is 0 Å². The average Bonchev–Trinajstić information content (AvgIpc) is 3.17. The van der Waals surface area contributed by atoms with Gasteiger partial charge in [-0.2, -0.15) is 8.42 Å². The maximum atomic E-state index is 11.2. The zero-order chi connectivity index (χ0) is 22.3. The molecule has 2 aromatic heterocycles. The molecule has 3 aromatic rings. The van der Waals surface area contributed by atoms with E-state index in [1.807, 2.05) is 12.1 Å². The molecule has 0 amide bonds. The Kier molecular flexibility index (Phi) is 4.16. The molecule has 6 rings (SSSR count). The Labute approximate surface area is 182 Å². The molecular formula is C19H20N6O6S. The minimum Gasteiger partial charge on any atom is -0.385 e. The van der Waals surface area contributed by atoms with Gasteiger partial charge in [0.05, 0.1) is 12.4 Å². The number of aromatic nitrogens is 4. The number of aliphatic hydroxyl groups is 2. The standard InChI is InChI=1S/C19H20N6O6S/c20-32(28,29)31-15-14-19(15,27)13(26)18(30-14)25-8-23-12-16(21-7-22-17(12)25)24-11-6-5-9-3-1-2-4-10(9)11/h1-4,7-8,11,13-15,18,26-27H,5-6H2,(H2,20,28,29)(H,21,22,24)/t11-,13+,14+,15?,18+,19-/m0/s1. The number of nitrogens with two attached hydrogens (primary N) is 1. The lowest BCUT2D eigenvalue weighted by Crippen LogP contribution is -2.38. The van der Waals surface area contributed by atoms with E-state index >= 15 is 0 Å². The lowest BCUT2D eigenvalue weighted by Gasteiger charge is -2.23. The second-order valence-electron chi connectivity index (χ2n) is 8.27. The summed E-state index contributed by atoms with van der Waals surface area (Å²) >= 11 is 0. The maximum absolute atomic E-state index is 11.2. The lowest BCUT2D eigenvalue weighted by molar-refractivity contribution is -0.0888. The van der Waals surface area contributed by atoms with Crippen LogP contribution in [-0.2, 0) is 25.6 Å². The first-order valence-electron chi connectivity index (χ1n) is 10.1. The Bertz CT molecular complexity index is 1330. The first kappa shape index (κ1) is 20.0. The fraction of sp³-hybridized carbons (Fsp3) is 0.421. The maximum Gasteiger partial charge on any atom is 0.333 e. The highest BCUT2D eigenvalue weighted by molar-refractivity contribution is 7.84. The van der Waals surface area contributed by atoms with Crippen LogP contribution >= 0.6 is 0 Å². The van der Waals surface area contributed by atoms with E-state index < -0.39 is 40.4 Å². The Morgan fingerprint density at radius 2 is 2.09 bits per heavy atom. The number of nitrogens with zero attached hydrogens (tertiary/aromatic N) is 4. The molecule has 5 N–H and O–H groups in total. The van der Waals surface area contributed by atoms with E-state index in [-0.39, 0.29) is 6.04 Å². The summed E-state index contributed by atoms with van der Waals surface area (Å²) in [4.78, 5) is 13.0. The summed E-state index contributed by atoms with van der Waals surface area (Å²) < 4.78 is 34.1. The number of nitrogens with one attached hydrogen (secondary N) is 1. The molecule has 32 heavy (non-hydrogen) atoms. The highest BCUT2D eigenvalue weighted by Gasteiger charge is 2.79. The number of benzene rings is 1. The molecule has 13 heteroatoms. The van der Waals surface area contributed by atoms with Gasteiger partial charge in [0.1, 0.15) is 24.6 Å². The average molecular weight is 460 g/mol. The number of rotatable bonds is 5.